The fourth-order valence-electron chi connectivity index (χ4n) is 1.89. The van der Waals surface area contributed by atoms with E-state index in [1.54, 1.807) is 18.2 Å². The Morgan fingerprint density at radius 2 is 1.95 bits per heavy atom. The van der Waals surface area contributed by atoms with Crippen LogP contribution in [-0.2, 0) is 0 Å². The van der Waals surface area contributed by atoms with Crippen molar-refractivity contribution >= 4 is 17.5 Å². The lowest BCUT2D eigenvalue weighted by atomic mass is 9.88. The normalized spacial score (nSPS) is 16.8. The third-order valence-electron chi connectivity index (χ3n) is 3.69. The molecule has 0 spiro atoms. The number of amides is 2. The van der Waals surface area contributed by atoms with E-state index in [-0.39, 0.29) is 23.8 Å². The molecule has 3 N–H and O–H groups in total. The average molecular weight is 262 g/mol. The number of aliphatic hydroxyl groups excluding tert-OH is 1. The largest absolute Gasteiger partial charge is 0.396 e. The fraction of sp³-hybridized carbons (Fsp3) is 0.429. The fourth-order valence-corrected chi connectivity index (χ4v) is 1.89. The molecule has 19 heavy (non-hydrogen) atoms. The summed E-state index contributed by atoms with van der Waals surface area (Å²) in [6.07, 6.45) is 0.848. The lowest BCUT2D eigenvalue weighted by Crippen LogP contribution is -2.29. The molecule has 1 atom stereocenters. The Labute approximate surface area is 112 Å². The first-order valence-corrected chi connectivity index (χ1v) is 6.33. The Balaban J connectivity index is 2.14. The van der Waals surface area contributed by atoms with Gasteiger partial charge in [-0.3, -0.25) is 14.9 Å². The Morgan fingerprint density at radius 1 is 1.26 bits per heavy atom. The van der Waals surface area contributed by atoms with Crippen molar-refractivity contribution in [2.24, 2.45) is 5.41 Å². The van der Waals surface area contributed by atoms with Gasteiger partial charge in [0.25, 0.3) is 11.8 Å². The number of fused-ring (bicyclic) bond motifs is 1. The molecule has 0 aliphatic carbocycles. The molecule has 0 saturated heterocycles. The Hall–Kier alpha value is -1.88. The van der Waals surface area contributed by atoms with Crippen LogP contribution in [0.3, 0.4) is 0 Å². The number of hydrogen-bond acceptors (Lipinski definition) is 4. The standard InChI is InChI=1S/C14H18N2O3/c1-3-14(2,8-17)7-15-9-4-5-10-11(6-9)13(19)16-12(10)18/h4-6,15,17H,3,7-8H2,1-2H3,(H,16,18,19). The lowest BCUT2D eigenvalue weighted by Gasteiger charge is -2.26. The average Bonchev–Trinajstić information content (AvgIpc) is 2.71. The van der Waals surface area contributed by atoms with Gasteiger partial charge in [0.15, 0.2) is 0 Å². The molecule has 0 saturated carbocycles. The zero-order valence-electron chi connectivity index (χ0n) is 11.1. The minimum absolute atomic E-state index is 0.0976. The summed E-state index contributed by atoms with van der Waals surface area (Å²) >= 11 is 0. The molecule has 0 radical (unpaired) electrons. The maximum Gasteiger partial charge on any atom is 0.259 e. The first-order valence-electron chi connectivity index (χ1n) is 6.33. The van der Waals surface area contributed by atoms with Crippen molar-refractivity contribution in [2.45, 2.75) is 20.3 Å². The van der Waals surface area contributed by atoms with Crippen molar-refractivity contribution < 1.29 is 14.7 Å². The van der Waals surface area contributed by atoms with Crippen LogP contribution in [0.25, 0.3) is 0 Å². The van der Waals surface area contributed by atoms with Crippen LogP contribution in [0.5, 0.6) is 0 Å². The monoisotopic (exact) mass is 262 g/mol. The van der Waals surface area contributed by atoms with Gasteiger partial charge in [-0.25, -0.2) is 0 Å². The molecule has 0 bridgehead atoms. The van der Waals surface area contributed by atoms with Gasteiger partial charge in [0, 0.05) is 17.6 Å². The molecule has 1 aliphatic rings. The highest BCUT2D eigenvalue weighted by molar-refractivity contribution is 6.21. The molecule has 102 valence electrons. The van der Waals surface area contributed by atoms with E-state index in [4.69, 9.17) is 0 Å². The highest BCUT2D eigenvalue weighted by Crippen LogP contribution is 2.24. The summed E-state index contributed by atoms with van der Waals surface area (Å²) in [6, 6.07) is 5.08. The van der Waals surface area contributed by atoms with Crippen molar-refractivity contribution in [1.29, 1.82) is 0 Å². The zero-order valence-corrected chi connectivity index (χ0v) is 11.1. The number of carbonyl (C=O) groups is 2. The Kier molecular flexibility index (Phi) is 3.57. The van der Waals surface area contributed by atoms with Gasteiger partial charge in [0.1, 0.15) is 0 Å². The quantitative estimate of drug-likeness (QED) is 0.701. The molecule has 5 heteroatoms. The van der Waals surface area contributed by atoms with Crippen molar-refractivity contribution in [3.05, 3.63) is 29.3 Å². The van der Waals surface area contributed by atoms with Gasteiger partial charge in [-0.05, 0) is 24.6 Å². The molecular weight excluding hydrogens is 244 g/mol. The summed E-state index contributed by atoms with van der Waals surface area (Å²) in [4.78, 5) is 23.0. The van der Waals surface area contributed by atoms with E-state index < -0.39 is 0 Å². The molecule has 2 rings (SSSR count). The van der Waals surface area contributed by atoms with Gasteiger partial charge in [0.2, 0.25) is 0 Å². The minimum atomic E-state index is -0.357. The first kappa shape index (κ1) is 13.5. The maximum atomic E-state index is 11.5. The van der Waals surface area contributed by atoms with Gasteiger partial charge < -0.3 is 10.4 Å². The molecule has 5 nitrogen and oxygen atoms in total. The maximum absolute atomic E-state index is 11.5. The number of rotatable bonds is 5. The summed E-state index contributed by atoms with van der Waals surface area (Å²) in [7, 11) is 0. The molecule has 0 aromatic heterocycles. The second-order valence-corrected chi connectivity index (χ2v) is 5.22. The van der Waals surface area contributed by atoms with Crippen molar-refractivity contribution in [2.75, 3.05) is 18.5 Å². The number of nitrogens with one attached hydrogen (secondary N) is 2. The lowest BCUT2D eigenvalue weighted by molar-refractivity contribution is 0.0879. The SMILES string of the molecule is CCC(C)(CO)CNc1ccc2c(c1)C(=O)NC2=O. The number of benzene rings is 1. The molecule has 1 aromatic rings. The van der Waals surface area contributed by atoms with Crippen LogP contribution >= 0.6 is 0 Å². The molecular formula is C14H18N2O3. The third kappa shape index (κ3) is 2.61. The van der Waals surface area contributed by atoms with Crippen LogP contribution in [0.15, 0.2) is 18.2 Å². The summed E-state index contributed by atoms with van der Waals surface area (Å²) in [5.41, 5.74) is 1.39. The third-order valence-corrected chi connectivity index (χ3v) is 3.69. The van der Waals surface area contributed by atoms with E-state index in [1.165, 1.54) is 0 Å². The van der Waals surface area contributed by atoms with Crippen LogP contribution in [-0.4, -0.2) is 30.1 Å². The molecule has 0 fully saturated rings. The van der Waals surface area contributed by atoms with Crippen LogP contribution in [0, 0.1) is 5.41 Å². The minimum Gasteiger partial charge on any atom is -0.396 e. The Bertz CT molecular complexity index is 521. The van der Waals surface area contributed by atoms with Crippen molar-refractivity contribution in [3.8, 4) is 0 Å². The summed E-state index contributed by atoms with van der Waals surface area (Å²) in [6.45, 7) is 4.71. The van der Waals surface area contributed by atoms with Crippen molar-refractivity contribution in [3.63, 3.8) is 0 Å². The topological polar surface area (TPSA) is 78.4 Å². The predicted octanol–water partition coefficient (Wildman–Crippen LogP) is 1.39. The molecule has 1 unspecified atom stereocenters. The number of anilines is 1. The molecule has 1 aromatic carbocycles. The number of carbonyl (C=O) groups excluding carboxylic acids is 2. The van der Waals surface area contributed by atoms with E-state index in [2.05, 4.69) is 10.6 Å². The predicted molar refractivity (Wildman–Crippen MR) is 72.2 cm³/mol. The van der Waals surface area contributed by atoms with Crippen molar-refractivity contribution in [1.82, 2.24) is 5.32 Å². The van der Waals surface area contributed by atoms with Gasteiger partial charge >= 0.3 is 0 Å². The number of imide groups is 1. The van der Waals surface area contributed by atoms with Crippen LogP contribution in [0.2, 0.25) is 0 Å². The summed E-state index contributed by atoms with van der Waals surface area (Å²) < 4.78 is 0. The van der Waals surface area contributed by atoms with E-state index >= 15 is 0 Å². The highest BCUT2D eigenvalue weighted by Gasteiger charge is 2.27. The number of aliphatic hydroxyl groups is 1. The van der Waals surface area contributed by atoms with Gasteiger partial charge in [-0.1, -0.05) is 13.8 Å². The van der Waals surface area contributed by atoms with Gasteiger partial charge in [-0.2, -0.15) is 0 Å². The van der Waals surface area contributed by atoms with Gasteiger partial charge in [0.05, 0.1) is 17.7 Å². The van der Waals surface area contributed by atoms with E-state index in [0.29, 0.717) is 17.7 Å². The first-order chi connectivity index (χ1) is 8.99. The Morgan fingerprint density at radius 3 is 2.58 bits per heavy atom. The van der Waals surface area contributed by atoms with Gasteiger partial charge in [-0.15, -0.1) is 0 Å². The summed E-state index contributed by atoms with van der Waals surface area (Å²) in [5.74, 6) is -0.704. The van der Waals surface area contributed by atoms with Crippen LogP contribution in [0.1, 0.15) is 41.0 Å². The van der Waals surface area contributed by atoms with E-state index in [1.807, 2.05) is 13.8 Å². The smallest absolute Gasteiger partial charge is 0.259 e. The molecule has 1 aliphatic heterocycles. The van der Waals surface area contributed by atoms with Crippen LogP contribution < -0.4 is 10.6 Å². The summed E-state index contributed by atoms with van der Waals surface area (Å²) in [5, 5.41) is 14.8. The zero-order chi connectivity index (χ0) is 14.0. The van der Waals surface area contributed by atoms with E-state index in [9.17, 15) is 14.7 Å². The van der Waals surface area contributed by atoms with E-state index in [0.717, 1.165) is 12.1 Å². The molecule has 2 amide bonds. The molecule has 1 heterocycles. The van der Waals surface area contributed by atoms with Crippen LogP contribution in [0.4, 0.5) is 5.69 Å². The number of hydrogen-bond donors (Lipinski definition) is 3. The highest BCUT2D eigenvalue weighted by atomic mass is 16.3. The second-order valence-electron chi connectivity index (χ2n) is 5.22. The second kappa shape index (κ2) is 5.01.